The number of pyridine rings is 1. The highest BCUT2D eigenvalue weighted by molar-refractivity contribution is 7.99. The van der Waals surface area contributed by atoms with Crippen molar-refractivity contribution in [1.29, 1.82) is 0 Å². The lowest BCUT2D eigenvalue weighted by Gasteiger charge is -2.17. The van der Waals surface area contributed by atoms with Crippen molar-refractivity contribution in [3.63, 3.8) is 0 Å². The van der Waals surface area contributed by atoms with E-state index in [0.29, 0.717) is 5.25 Å². The monoisotopic (exact) mass is 293 g/mol. The second kappa shape index (κ2) is 6.77. The van der Waals surface area contributed by atoms with Crippen LogP contribution in [0.2, 0.25) is 0 Å². The van der Waals surface area contributed by atoms with Crippen molar-refractivity contribution in [1.82, 2.24) is 4.98 Å². The number of rotatable bonds is 5. The molecule has 0 aliphatic rings. The van der Waals surface area contributed by atoms with Crippen LogP contribution in [0.25, 0.3) is 10.8 Å². The summed E-state index contributed by atoms with van der Waals surface area (Å²) < 4.78 is 0. The third kappa shape index (κ3) is 3.27. The Balaban J connectivity index is 1.99. The molecule has 2 heteroatoms. The van der Waals surface area contributed by atoms with Crippen LogP contribution in [0.1, 0.15) is 30.7 Å². The Labute approximate surface area is 130 Å². The van der Waals surface area contributed by atoms with Gasteiger partial charge in [0.05, 0.1) is 10.9 Å². The van der Waals surface area contributed by atoms with Gasteiger partial charge in [0.2, 0.25) is 0 Å². The van der Waals surface area contributed by atoms with E-state index in [1.165, 1.54) is 21.4 Å². The topological polar surface area (TPSA) is 12.9 Å². The van der Waals surface area contributed by atoms with E-state index in [0.717, 1.165) is 12.8 Å². The number of benzene rings is 2. The Morgan fingerprint density at radius 3 is 2.52 bits per heavy atom. The van der Waals surface area contributed by atoms with Crippen LogP contribution >= 0.6 is 11.8 Å². The zero-order chi connectivity index (χ0) is 14.5. The summed E-state index contributed by atoms with van der Waals surface area (Å²) in [6.45, 7) is 2.24. The minimum Gasteiger partial charge on any atom is -0.259 e. The molecule has 1 atom stereocenters. The molecular formula is C19H19NS. The van der Waals surface area contributed by atoms with Crippen LogP contribution in [-0.2, 0) is 0 Å². The first-order valence-electron chi connectivity index (χ1n) is 7.44. The van der Waals surface area contributed by atoms with E-state index in [1.807, 2.05) is 18.0 Å². The minimum atomic E-state index is 0.406. The molecule has 1 unspecified atom stereocenters. The first-order chi connectivity index (χ1) is 10.4. The minimum absolute atomic E-state index is 0.406. The zero-order valence-electron chi connectivity index (χ0n) is 12.2. The average molecular weight is 293 g/mol. The molecule has 1 aromatic heterocycles. The SMILES string of the molecule is CCCC(Sc1ccccc1)c1nccc2ccccc12. The van der Waals surface area contributed by atoms with Crippen molar-refractivity contribution < 1.29 is 0 Å². The highest BCUT2D eigenvalue weighted by Gasteiger charge is 2.16. The fourth-order valence-electron chi connectivity index (χ4n) is 2.58. The predicted octanol–water partition coefficient (Wildman–Crippen LogP) is 5.87. The van der Waals surface area contributed by atoms with Crippen molar-refractivity contribution in [3.05, 3.63) is 72.6 Å². The molecule has 0 aliphatic carbocycles. The Morgan fingerprint density at radius 1 is 0.952 bits per heavy atom. The van der Waals surface area contributed by atoms with Gasteiger partial charge in [-0.3, -0.25) is 4.98 Å². The molecule has 3 rings (SSSR count). The lowest BCUT2D eigenvalue weighted by Crippen LogP contribution is -1.98. The van der Waals surface area contributed by atoms with Crippen LogP contribution in [0.15, 0.2) is 71.8 Å². The molecular weight excluding hydrogens is 274 g/mol. The van der Waals surface area contributed by atoms with Crippen LogP contribution in [0.4, 0.5) is 0 Å². The van der Waals surface area contributed by atoms with Crippen LogP contribution in [0.3, 0.4) is 0 Å². The van der Waals surface area contributed by atoms with Gasteiger partial charge in [0, 0.05) is 16.5 Å². The van der Waals surface area contributed by atoms with Gasteiger partial charge in [-0.25, -0.2) is 0 Å². The number of nitrogens with zero attached hydrogens (tertiary/aromatic N) is 1. The Bertz CT molecular complexity index is 704. The van der Waals surface area contributed by atoms with Gasteiger partial charge in [0.1, 0.15) is 0 Å². The maximum absolute atomic E-state index is 4.70. The number of aromatic nitrogens is 1. The fraction of sp³-hybridized carbons (Fsp3) is 0.211. The van der Waals surface area contributed by atoms with Gasteiger partial charge in [-0.1, -0.05) is 55.8 Å². The van der Waals surface area contributed by atoms with Crippen LogP contribution in [0, 0.1) is 0 Å². The van der Waals surface area contributed by atoms with Gasteiger partial charge < -0.3 is 0 Å². The number of fused-ring (bicyclic) bond motifs is 1. The maximum atomic E-state index is 4.70. The molecule has 0 bridgehead atoms. The standard InChI is InChI=1S/C19H19NS/c1-2-8-18(21-16-10-4-3-5-11-16)19-17-12-7-6-9-15(17)13-14-20-19/h3-7,9-14,18H,2,8H2,1H3. The fourth-order valence-corrected chi connectivity index (χ4v) is 3.87. The quantitative estimate of drug-likeness (QED) is 0.546. The second-order valence-electron chi connectivity index (χ2n) is 5.13. The normalized spacial score (nSPS) is 12.4. The molecule has 0 saturated heterocycles. The molecule has 0 amide bonds. The van der Waals surface area contributed by atoms with Crippen molar-refractivity contribution in [3.8, 4) is 0 Å². The van der Waals surface area contributed by atoms with E-state index in [2.05, 4.69) is 67.6 Å². The van der Waals surface area contributed by atoms with Crippen molar-refractivity contribution in [2.45, 2.75) is 29.9 Å². The van der Waals surface area contributed by atoms with E-state index in [4.69, 9.17) is 4.98 Å². The van der Waals surface area contributed by atoms with E-state index >= 15 is 0 Å². The van der Waals surface area contributed by atoms with E-state index in [9.17, 15) is 0 Å². The van der Waals surface area contributed by atoms with E-state index in [-0.39, 0.29) is 0 Å². The summed E-state index contributed by atoms with van der Waals surface area (Å²) in [5.74, 6) is 0. The molecule has 0 N–H and O–H groups in total. The Kier molecular flexibility index (Phi) is 4.56. The van der Waals surface area contributed by atoms with E-state index in [1.54, 1.807) is 0 Å². The van der Waals surface area contributed by atoms with Gasteiger partial charge in [0.25, 0.3) is 0 Å². The largest absolute Gasteiger partial charge is 0.259 e. The lowest BCUT2D eigenvalue weighted by atomic mass is 10.1. The summed E-state index contributed by atoms with van der Waals surface area (Å²) in [4.78, 5) is 6.01. The molecule has 106 valence electrons. The molecule has 0 aliphatic heterocycles. The van der Waals surface area contributed by atoms with Gasteiger partial charge >= 0.3 is 0 Å². The Morgan fingerprint density at radius 2 is 1.71 bits per heavy atom. The molecule has 21 heavy (non-hydrogen) atoms. The summed E-state index contributed by atoms with van der Waals surface area (Å²) in [7, 11) is 0. The maximum Gasteiger partial charge on any atom is 0.0615 e. The van der Waals surface area contributed by atoms with Crippen LogP contribution in [0.5, 0.6) is 0 Å². The van der Waals surface area contributed by atoms with Gasteiger partial charge in [-0.15, -0.1) is 11.8 Å². The number of thioether (sulfide) groups is 1. The summed E-state index contributed by atoms with van der Waals surface area (Å²) >= 11 is 1.92. The third-order valence-corrected chi connectivity index (χ3v) is 4.87. The van der Waals surface area contributed by atoms with Gasteiger partial charge in [0.15, 0.2) is 0 Å². The lowest BCUT2D eigenvalue weighted by molar-refractivity contribution is 0.765. The predicted molar refractivity (Wildman–Crippen MR) is 91.7 cm³/mol. The van der Waals surface area contributed by atoms with Gasteiger partial charge in [-0.05, 0) is 30.0 Å². The third-order valence-electron chi connectivity index (χ3n) is 3.58. The van der Waals surface area contributed by atoms with E-state index < -0.39 is 0 Å². The Hall–Kier alpha value is -1.80. The number of hydrogen-bond donors (Lipinski definition) is 0. The molecule has 0 spiro atoms. The van der Waals surface area contributed by atoms with Crippen molar-refractivity contribution >= 4 is 22.5 Å². The molecule has 3 aromatic rings. The molecule has 0 radical (unpaired) electrons. The highest BCUT2D eigenvalue weighted by atomic mass is 32.2. The van der Waals surface area contributed by atoms with Crippen molar-refractivity contribution in [2.24, 2.45) is 0 Å². The first kappa shape index (κ1) is 14.2. The highest BCUT2D eigenvalue weighted by Crippen LogP contribution is 2.40. The molecule has 2 aromatic carbocycles. The summed E-state index contributed by atoms with van der Waals surface area (Å²) in [5, 5.41) is 2.96. The first-order valence-corrected chi connectivity index (χ1v) is 8.32. The smallest absolute Gasteiger partial charge is 0.0615 e. The van der Waals surface area contributed by atoms with Crippen LogP contribution in [-0.4, -0.2) is 4.98 Å². The van der Waals surface area contributed by atoms with Crippen LogP contribution < -0.4 is 0 Å². The average Bonchev–Trinajstić information content (AvgIpc) is 2.55. The molecule has 0 fully saturated rings. The zero-order valence-corrected chi connectivity index (χ0v) is 13.0. The second-order valence-corrected chi connectivity index (χ2v) is 6.40. The molecule has 1 nitrogen and oxygen atoms in total. The molecule has 1 heterocycles. The molecule has 0 saturated carbocycles. The summed E-state index contributed by atoms with van der Waals surface area (Å²) in [6, 6.07) is 21.3. The number of hydrogen-bond acceptors (Lipinski definition) is 2. The van der Waals surface area contributed by atoms with Crippen molar-refractivity contribution in [2.75, 3.05) is 0 Å². The van der Waals surface area contributed by atoms with Gasteiger partial charge in [-0.2, -0.15) is 0 Å². The summed E-state index contributed by atoms with van der Waals surface area (Å²) in [6.07, 6.45) is 4.24. The summed E-state index contributed by atoms with van der Waals surface area (Å²) in [5.41, 5.74) is 1.21.